The number of benzene rings is 2. The minimum atomic E-state index is -0.687. The topological polar surface area (TPSA) is 75.7 Å². The zero-order valence-corrected chi connectivity index (χ0v) is 16.5. The maximum absolute atomic E-state index is 13.1. The second kappa shape index (κ2) is 9.87. The van der Waals surface area contributed by atoms with Crippen LogP contribution in [0.2, 0.25) is 0 Å². The van der Waals surface area contributed by atoms with Gasteiger partial charge in [0.25, 0.3) is 0 Å². The summed E-state index contributed by atoms with van der Waals surface area (Å²) in [5.41, 5.74) is 1.61. The first-order chi connectivity index (χ1) is 14.1. The quantitative estimate of drug-likeness (QED) is 0.578. The van der Waals surface area contributed by atoms with E-state index in [0.29, 0.717) is 13.0 Å². The number of hydrogen-bond donors (Lipinski definition) is 1. The molecule has 3 rings (SSSR count). The molecule has 1 aliphatic rings. The molecule has 152 valence electrons. The highest BCUT2D eigenvalue weighted by Gasteiger charge is 2.34. The molecule has 1 heterocycles. The van der Waals surface area contributed by atoms with Gasteiger partial charge in [-0.1, -0.05) is 60.7 Å². The van der Waals surface area contributed by atoms with E-state index >= 15 is 0 Å². The zero-order chi connectivity index (χ0) is 20.6. The number of likely N-dealkylation sites (tertiary alicyclic amines) is 1. The number of esters is 1. The number of carbonyl (C=O) groups is 3. The Morgan fingerprint density at radius 1 is 1.03 bits per heavy atom. The molecule has 0 unspecified atom stereocenters. The van der Waals surface area contributed by atoms with Crippen LogP contribution >= 0.6 is 0 Å². The third-order valence-electron chi connectivity index (χ3n) is 5.16. The Morgan fingerprint density at radius 3 is 2.24 bits per heavy atom. The maximum Gasteiger partial charge on any atom is 0.303 e. The van der Waals surface area contributed by atoms with Crippen LogP contribution in [0.5, 0.6) is 0 Å². The first-order valence-electron chi connectivity index (χ1n) is 9.88. The molecule has 2 aromatic carbocycles. The third kappa shape index (κ3) is 5.22. The largest absolute Gasteiger partial charge is 0.455 e. The van der Waals surface area contributed by atoms with Crippen molar-refractivity contribution in [1.29, 1.82) is 0 Å². The Kier molecular flexibility index (Phi) is 7.00. The van der Waals surface area contributed by atoms with E-state index in [0.717, 1.165) is 30.4 Å². The summed E-state index contributed by atoms with van der Waals surface area (Å²) in [7, 11) is 0. The zero-order valence-electron chi connectivity index (χ0n) is 16.5. The lowest BCUT2D eigenvalue weighted by atomic mass is 9.94. The summed E-state index contributed by atoms with van der Waals surface area (Å²) < 4.78 is 5.66. The van der Waals surface area contributed by atoms with Crippen LogP contribution in [0.25, 0.3) is 0 Å². The summed E-state index contributed by atoms with van der Waals surface area (Å²) in [4.78, 5) is 37.9. The van der Waals surface area contributed by atoms with E-state index in [9.17, 15) is 14.4 Å². The normalized spacial score (nSPS) is 18.4. The van der Waals surface area contributed by atoms with Crippen molar-refractivity contribution in [2.45, 2.75) is 44.4 Å². The number of amides is 2. The molecule has 6 heteroatoms. The maximum atomic E-state index is 13.1. The van der Waals surface area contributed by atoms with E-state index in [1.54, 1.807) is 4.90 Å². The van der Waals surface area contributed by atoms with Crippen molar-refractivity contribution in [3.63, 3.8) is 0 Å². The van der Waals surface area contributed by atoms with Gasteiger partial charge in [-0.05, 0) is 30.4 Å². The van der Waals surface area contributed by atoms with Crippen molar-refractivity contribution in [1.82, 2.24) is 10.2 Å². The van der Waals surface area contributed by atoms with Crippen molar-refractivity contribution in [2.75, 3.05) is 6.54 Å². The molecule has 0 aromatic heterocycles. The van der Waals surface area contributed by atoms with Crippen LogP contribution in [0.3, 0.4) is 0 Å². The Morgan fingerprint density at radius 2 is 1.66 bits per heavy atom. The van der Waals surface area contributed by atoms with Gasteiger partial charge in [0.05, 0.1) is 6.04 Å². The predicted molar refractivity (Wildman–Crippen MR) is 109 cm³/mol. The van der Waals surface area contributed by atoms with Crippen LogP contribution < -0.4 is 5.32 Å². The van der Waals surface area contributed by atoms with Gasteiger partial charge in [0, 0.05) is 13.5 Å². The lowest BCUT2D eigenvalue weighted by Crippen LogP contribution is -2.50. The van der Waals surface area contributed by atoms with Crippen LogP contribution in [0.1, 0.15) is 49.5 Å². The number of nitrogens with one attached hydrogen (secondary N) is 1. The Hall–Kier alpha value is -3.15. The second-order valence-electron chi connectivity index (χ2n) is 7.19. The fourth-order valence-corrected chi connectivity index (χ4v) is 3.76. The first kappa shape index (κ1) is 20.6. The molecular formula is C23H26N2O4. The van der Waals surface area contributed by atoms with Gasteiger partial charge in [-0.15, -0.1) is 0 Å². The highest BCUT2D eigenvalue weighted by molar-refractivity contribution is 5.84. The molecule has 1 aliphatic heterocycles. The molecule has 0 bridgehead atoms. The van der Waals surface area contributed by atoms with Crippen LogP contribution in [0.4, 0.5) is 0 Å². The third-order valence-corrected chi connectivity index (χ3v) is 5.16. The molecule has 0 spiro atoms. The first-order valence-corrected chi connectivity index (χ1v) is 9.88. The van der Waals surface area contributed by atoms with Crippen LogP contribution in [0, 0.1) is 0 Å². The van der Waals surface area contributed by atoms with Crippen LogP contribution in [-0.4, -0.2) is 35.8 Å². The van der Waals surface area contributed by atoms with Gasteiger partial charge in [0.15, 0.2) is 6.10 Å². The second-order valence-corrected chi connectivity index (χ2v) is 7.19. The number of rotatable bonds is 7. The van der Waals surface area contributed by atoms with Gasteiger partial charge in [0.2, 0.25) is 12.3 Å². The van der Waals surface area contributed by atoms with Gasteiger partial charge < -0.3 is 15.0 Å². The average molecular weight is 394 g/mol. The molecular weight excluding hydrogens is 368 g/mol. The Bertz CT molecular complexity index is 825. The Balaban J connectivity index is 1.94. The van der Waals surface area contributed by atoms with Gasteiger partial charge in [-0.25, -0.2) is 0 Å². The summed E-state index contributed by atoms with van der Waals surface area (Å²) in [5, 5.41) is 3.05. The van der Waals surface area contributed by atoms with E-state index in [1.807, 2.05) is 60.7 Å². The number of ether oxygens (including phenoxy) is 1. The fraction of sp³-hybridized carbons (Fsp3) is 0.348. The predicted octanol–water partition coefficient (Wildman–Crippen LogP) is 3.16. The lowest BCUT2D eigenvalue weighted by Gasteiger charge is -2.34. The molecule has 3 atom stereocenters. The van der Waals surface area contributed by atoms with Crippen LogP contribution in [-0.2, 0) is 19.1 Å². The monoisotopic (exact) mass is 394 g/mol. The van der Waals surface area contributed by atoms with E-state index < -0.39 is 24.2 Å². The molecule has 0 saturated carbocycles. The summed E-state index contributed by atoms with van der Waals surface area (Å²) in [6.07, 6.45) is 2.46. The highest BCUT2D eigenvalue weighted by atomic mass is 16.5. The molecule has 1 N–H and O–H groups in total. The Labute approximate surface area is 170 Å². The van der Waals surface area contributed by atoms with Gasteiger partial charge in [-0.2, -0.15) is 0 Å². The number of piperidine rings is 1. The molecule has 0 radical (unpaired) electrons. The summed E-state index contributed by atoms with van der Waals surface area (Å²) in [5.74, 6) is -0.667. The molecule has 2 amide bonds. The van der Waals surface area contributed by atoms with Gasteiger partial charge >= 0.3 is 5.97 Å². The summed E-state index contributed by atoms with van der Waals surface area (Å²) >= 11 is 0. The molecule has 1 fully saturated rings. The minimum absolute atomic E-state index is 0.237. The summed E-state index contributed by atoms with van der Waals surface area (Å²) in [6.45, 7) is 1.93. The van der Waals surface area contributed by atoms with Crippen molar-refractivity contribution in [3.8, 4) is 0 Å². The average Bonchev–Trinajstić information content (AvgIpc) is 2.77. The molecule has 6 nitrogen and oxygen atoms in total. The number of hydrogen-bond acceptors (Lipinski definition) is 4. The van der Waals surface area contributed by atoms with Gasteiger partial charge in [0.1, 0.15) is 6.04 Å². The standard InChI is InChI=1S/C23H26N2O4/c1-17(27)29-22(19-12-6-3-7-13-19)21(18-10-4-2-5-11-18)24-23(28)20-14-8-9-15-25(20)16-26/h2-7,10-13,16,20-22H,8-9,14-15H2,1H3,(H,24,28)/t20-,21+,22-/m0/s1. The molecule has 2 aromatic rings. The van der Waals surface area contributed by atoms with Crippen LogP contribution in [0.15, 0.2) is 60.7 Å². The summed E-state index contributed by atoms with van der Waals surface area (Å²) in [6, 6.07) is 17.7. The van der Waals surface area contributed by atoms with Crippen molar-refractivity contribution >= 4 is 18.3 Å². The van der Waals surface area contributed by atoms with Crippen molar-refractivity contribution in [3.05, 3.63) is 71.8 Å². The van der Waals surface area contributed by atoms with Crippen molar-refractivity contribution in [2.24, 2.45) is 0 Å². The van der Waals surface area contributed by atoms with E-state index in [-0.39, 0.29) is 5.91 Å². The van der Waals surface area contributed by atoms with Gasteiger partial charge in [-0.3, -0.25) is 14.4 Å². The smallest absolute Gasteiger partial charge is 0.303 e. The SMILES string of the molecule is CC(=O)O[C@@H](c1ccccc1)[C@H](NC(=O)[C@@H]1CCCCN1C=O)c1ccccc1. The molecule has 0 aliphatic carbocycles. The highest BCUT2D eigenvalue weighted by Crippen LogP contribution is 2.33. The van der Waals surface area contributed by atoms with E-state index in [2.05, 4.69) is 5.32 Å². The molecule has 1 saturated heterocycles. The van der Waals surface area contributed by atoms with E-state index in [4.69, 9.17) is 4.74 Å². The fourth-order valence-electron chi connectivity index (χ4n) is 3.76. The molecule has 29 heavy (non-hydrogen) atoms. The van der Waals surface area contributed by atoms with E-state index in [1.165, 1.54) is 6.92 Å². The number of carbonyl (C=O) groups excluding carboxylic acids is 3. The van der Waals surface area contributed by atoms with Crippen molar-refractivity contribution < 1.29 is 19.1 Å². The minimum Gasteiger partial charge on any atom is -0.455 e. The number of nitrogens with zero attached hydrogens (tertiary/aromatic N) is 1. The lowest BCUT2D eigenvalue weighted by molar-refractivity contribution is -0.150.